The summed E-state index contributed by atoms with van der Waals surface area (Å²) >= 11 is 0. The standard InChI is InChI=1S/C29H35N3O6S/c1-36-26-17-22(18-27(37-2)29(26)38-3)20-31(28-13-6-7-14-30-28)21-25(33)23-11-10-12-24(19-23)39(34,35)32-15-8-4-5-9-16-32/h6-7,10-14,17-19H,4-5,8-9,15-16,20-21H2,1-3H3. The minimum Gasteiger partial charge on any atom is -0.493 e. The van der Waals surface area contributed by atoms with Crippen molar-refractivity contribution in [3.63, 3.8) is 0 Å². The first kappa shape index (κ1) is 28.4. The Balaban J connectivity index is 1.61. The van der Waals surface area contributed by atoms with Gasteiger partial charge in [-0.25, -0.2) is 13.4 Å². The second-order valence-corrected chi connectivity index (χ2v) is 11.3. The highest BCUT2D eigenvalue weighted by Gasteiger charge is 2.26. The topological polar surface area (TPSA) is 98.3 Å². The predicted molar refractivity (Wildman–Crippen MR) is 149 cm³/mol. The second kappa shape index (κ2) is 12.9. The van der Waals surface area contributed by atoms with Crippen molar-refractivity contribution in [3.05, 3.63) is 71.9 Å². The van der Waals surface area contributed by atoms with Gasteiger partial charge in [-0.15, -0.1) is 0 Å². The summed E-state index contributed by atoms with van der Waals surface area (Å²) in [6.45, 7) is 1.32. The van der Waals surface area contributed by atoms with Crippen LogP contribution in [0.15, 0.2) is 65.7 Å². The molecule has 2 aromatic carbocycles. The molecule has 0 unspecified atom stereocenters. The molecule has 1 fully saturated rings. The summed E-state index contributed by atoms with van der Waals surface area (Å²) in [7, 11) is 0.963. The molecule has 39 heavy (non-hydrogen) atoms. The lowest BCUT2D eigenvalue weighted by Crippen LogP contribution is -2.32. The third-order valence-corrected chi connectivity index (χ3v) is 8.66. The number of methoxy groups -OCH3 is 3. The number of pyridine rings is 1. The van der Waals surface area contributed by atoms with Crippen molar-refractivity contribution in [2.45, 2.75) is 37.1 Å². The van der Waals surface area contributed by atoms with Gasteiger partial charge in [0.15, 0.2) is 17.3 Å². The molecule has 1 aliphatic rings. The van der Waals surface area contributed by atoms with Gasteiger partial charge in [0.2, 0.25) is 15.8 Å². The Hall–Kier alpha value is -3.63. The first-order valence-corrected chi connectivity index (χ1v) is 14.4. The smallest absolute Gasteiger partial charge is 0.243 e. The molecule has 0 amide bonds. The van der Waals surface area contributed by atoms with Gasteiger partial charge >= 0.3 is 0 Å². The van der Waals surface area contributed by atoms with Crippen LogP contribution in [0.4, 0.5) is 5.82 Å². The molecule has 1 aliphatic heterocycles. The van der Waals surface area contributed by atoms with Gasteiger partial charge in [-0.2, -0.15) is 4.31 Å². The molecular formula is C29H35N3O6S. The minimum atomic E-state index is -3.68. The number of sulfonamides is 1. The number of rotatable bonds is 11. The van der Waals surface area contributed by atoms with Crippen LogP contribution in [0.1, 0.15) is 41.6 Å². The van der Waals surface area contributed by atoms with Gasteiger partial charge < -0.3 is 19.1 Å². The van der Waals surface area contributed by atoms with Gasteiger partial charge in [-0.3, -0.25) is 4.79 Å². The van der Waals surface area contributed by atoms with Gasteiger partial charge in [-0.1, -0.05) is 31.0 Å². The van der Waals surface area contributed by atoms with Gasteiger partial charge in [0.25, 0.3) is 0 Å². The number of benzene rings is 2. The molecule has 1 saturated heterocycles. The van der Waals surface area contributed by atoms with Crippen molar-refractivity contribution in [1.29, 1.82) is 0 Å². The number of carbonyl (C=O) groups is 1. The Morgan fingerprint density at radius 2 is 1.59 bits per heavy atom. The molecule has 0 N–H and O–H groups in total. The zero-order chi connectivity index (χ0) is 27.8. The van der Waals surface area contributed by atoms with E-state index in [2.05, 4.69) is 4.98 Å². The molecule has 0 aliphatic carbocycles. The quantitative estimate of drug-likeness (QED) is 0.319. The molecule has 0 saturated carbocycles. The van der Waals surface area contributed by atoms with Crippen LogP contribution in [0.25, 0.3) is 0 Å². The van der Waals surface area contributed by atoms with Crippen molar-refractivity contribution in [2.75, 3.05) is 45.9 Å². The SMILES string of the molecule is COc1cc(CN(CC(=O)c2cccc(S(=O)(=O)N3CCCCCC3)c2)c2ccccn2)cc(OC)c1OC. The summed E-state index contributed by atoms with van der Waals surface area (Å²) < 4.78 is 44.6. The van der Waals surface area contributed by atoms with Crippen LogP contribution in [-0.4, -0.2) is 64.5 Å². The maximum atomic E-state index is 13.5. The molecule has 0 spiro atoms. The van der Waals surface area contributed by atoms with Gasteiger partial charge in [0.1, 0.15) is 5.82 Å². The number of hydrogen-bond acceptors (Lipinski definition) is 8. The number of carbonyl (C=O) groups excluding carboxylic acids is 1. The van der Waals surface area contributed by atoms with Crippen LogP contribution < -0.4 is 19.1 Å². The highest BCUT2D eigenvalue weighted by Crippen LogP contribution is 2.38. The van der Waals surface area contributed by atoms with E-state index in [1.54, 1.807) is 51.8 Å². The fraction of sp³-hybridized carbons (Fsp3) is 0.379. The van der Waals surface area contributed by atoms with Gasteiger partial charge in [0, 0.05) is 31.4 Å². The molecule has 0 atom stereocenters. The van der Waals surface area contributed by atoms with E-state index < -0.39 is 10.0 Å². The van der Waals surface area contributed by atoms with Crippen LogP contribution in [0.3, 0.4) is 0 Å². The number of nitrogens with zero attached hydrogens (tertiary/aromatic N) is 3. The highest BCUT2D eigenvalue weighted by molar-refractivity contribution is 7.89. The molecule has 2 heterocycles. The predicted octanol–water partition coefficient (Wildman–Crippen LogP) is 4.56. The molecule has 208 valence electrons. The first-order valence-electron chi connectivity index (χ1n) is 13.0. The minimum absolute atomic E-state index is 0.0130. The normalized spacial score (nSPS) is 14.3. The van der Waals surface area contributed by atoms with Gasteiger partial charge in [0.05, 0.1) is 32.8 Å². The van der Waals surface area contributed by atoms with Crippen LogP contribution >= 0.6 is 0 Å². The zero-order valence-corrected chi connectivity index (χ0v) is 23.4. The van der Waals surface area contributed by atoms with Crippen molar-refractivity contribution < 1.29 is 27.4 Å². The lowest BCUT2D eigenvalue weighted by Gasteiger charge is -2.24. The molecule has 0 bridgehead atoms. The Bertz CT molecular complexity index is 1350. The summed E-state index contributed by atoms with van der Waals surface area (Å²) in [5.41, 5.74) is 1.15. The fourth-order valence-corrected chi connectivity index (χ4v) is 6.29. The Labute approximate surface area is 230 Å². The van der Waals surface area contributed by atoms with E-state index in [1.807, 2.05) is 29.2 Å². The van der Waals surface area contributed by atoms with Crippen LogP contribution in [-0.2, 0) is 16.6 Å². The number of anilines is 1. The molecule has 4 rings (SSSR count). The van der Waals surface area contributed by atoms with E-state index >= 15 is 0 Å². The molecular weight excluding hydrogens is 518 g/mol. The van der Waals surface area contributed by atoms with Crippen molar-refractivity contribution in [2.24, 2.45) is 0 Å². The highest BCUT2D eigenvalue weighted by atomic mass is 32.2. The number of hydrogen-bond donors (Lipinski definition) is 0. The van der Waals surface area contributed by atoms with E-state index in [0.717, 1.165) is 31.2 Å². The lowest BCUT2D eigenvalue weighted by atomic mass is 10.1. The average molecular weight is 554 g/mol. The zero-order valence-electron chi connectivity index (χ0n) is 22.6. The number of aromatic nitrogens is 1. The maximum absolute atomic E-state index is 13.5. The average Bonchev–Trinajstić information content (AvgIpc) is 3.27. The summed E-state index contributed by atoms with van der Waals surface area (Å²) in [5, 5.41) is 0. The van der Waals surface area contributed by atoms with Crippen molar-refractivity contribution in [1.82, 2.24) is 9.29 Å². The number of ketones is 1. The molecule has 3 aromatic rings. The molecule has 10 heteroatoms. The van der Waals surface area contributed by atoms with Crippen LogP contribution in [0.5, 0.6) is 17.2 Å². The number of Topliss-reactive ketones (excluding diaryl/α,β-unsaturated/α-hetero) is 1. The van der Waals surface area contributed by atoms with Crippen molar-refractivity contribution >= 4 is 21.6 Å². The largest absolute Gasteiger partial charge is 0.493 e. The Morgan fingerprint density at radius 1 is 0.897 bits per heavy atom. The summed E-state index contributed by atoms with van der Waals surface area (Å²) in [5.74, 6) is 1.87. The van der Waals surface area contributed by atoms with E-state index in [9.17, 15) is 13.2 Å². The van der Waals surface area contributed by atoms with Crippen molar-refractivity contribution in [3.8, 4) is 17.2 Å². The van der Waals surface area contributed by atoms with Crippen LogP contribution in [0.2, 0.25) is 0 Å². The van der Waals surface area contributed by atoms with E-state index in [0.29, 0.717) is 48.3 Å². The fourth-order valence-electron chi connectivity index (χ4n) is 4.73. The van der Waals surface area contributed by atoms with E-state index in [1.165, 1.54) is 10.4 Å². The Kier molecular flexibility index (Phi) is 9.42. The van der Waals surface area contributed by atoms with Gasteiger partial charge in [-0.05, 0) is 54.8 Å². The third kappa shape index (κ3) is 6.69. The molecule has 9 nitrogen and oxygen atoms in total. The molecule has 0 radical (unpaired) electrons. The first-order chi connectivity index (χ1) is 18.9. The summed E-state index contributed by atoms with van der Waals surface area (Å²) in [6.07, 6.45) is 5.41. The van der Waals surface area contributed by atoms with E-state index in [-0.39, 0.29) is 17.2 Å². The third-order valence-electron chi connectivity index (χ3n) is 6.76. The summed E-state index contributed by atoms with van der Waals surface area (Å²) in [4.78, 5) is 20.0. The summed E-state index contributed by atoms with van der Waals surface area (Å²) in [6, 6.07) is 15.5. The Morgan fingerprint density at radius 3 is 2.18 bits per heavy atom. The van der Waals surface area contributed by atoms with Crippen LogP contribution in [0, 0.1) is 0 Å². The molecule has 1 aromatic heterocycles. The second-order valence-electron chi connectivity index (χ2n) is 9.35. The number of ether oxygens (including phenoxy) is 3. The lowest BCUT2D eigenvalue weighted by molar-refractivity contribution is 0.0998. The monoisotopic (exact) mass is 553 g/mol. The van der Waals surface area contributed by atoms with E-state index in [4.69, 9.17) is 14.2 Å². The maximum Gasteiger partial charge on any atom is 0.243 e.